The summed E-state index contributed by atoms with van der Waals surface area (Å²) in [6, 6.07) is 5.78. The smallest absolute Gasteiger partial charge is 0.321 e. The van der Waals surface area contributed by atoms with Gasteiger partial charge in [-0.1, -0.05) is 6.07 Å². The molecule has 1 aromatic carbocycles. The van der Waals surface area contributed by atoms with Crippen LogP contribution in [0.2, 0.25) is 0 Å². The fraction of sp³-hybridized carbons (Fsp3) is 0.600. The number of likely N-dealkylation sites (tertiary alicyclic amines) is 1. The summed E-state index contributed by atoms with van der Waals surface area (Å²) in [7, 11) is 3.57. The predicted molar refractivity (Wildman–Crippen MR) is 101 cm³/mol. The largest absolute Gasteiger partial charge is 0.381 e. The Morgan fingerprint density at radius 3 is 2.50 bits per heavy atom. The molecule has 0 radical (unpaired) electrons. The van der Waals surface area contributed by atoms with Gasteiger partial charge in [0, 0.05) is 51.5 Å². The van der Waals surface area contributed by atoms with Crippen LogP contribution in [0.25, 0.3) is 0 Å². The van der Waals surface area contributed by atoms with Gasteiger partial charge in [-0.2, -0.15) is 0 Å². The average Bonchev–Trinajstić information content (AvgIpc) is 2.97. The molecule has 1 spiro atoms. The van der Waals surface area contributed by atoms with E-state index in [2.05, 4.69) is 5.32 Å². The molecule has 2 aliphatic heterocycles. The molecule has 6 nitrogen and oxygen atoms in total. The van der Waals surface area contributed by atoms with Gasteiger partial charge in [-0.3, -0.25) is 4.79 Å². The highest BCUT2D eigenvalue weighted by Gasteiger charge is 2.52. The lowest BCUT2D eigenvalue weighted by molar-refractivity contribution is -0.138. The van der Waals surface area contributed by atoms with Crippen molar-refractivity contribution in [3.63, 3.8) is 0 Å². The number of amides is 3. The van der Waals surface area contributed by atoms with Crippen LogP contribution < -0.4 is 5.32 Å². The highest BCUT2D eigenvalue weighted by Crippen LogP contribution is 2.45. The first kappa shape index (κ1) is 18.7. The second-order valence-corrected chi connectivity index (χ2v) is 7.87. The van der Waals surface area contributed by atoms with Crippen LogP contribution in [-0.2, 0) is 9.53 Å². The SMILES string of the molecule is Cc1ccc(NC(=O)N2CC(C(=O)N(C)C)C3(CCOCC3)C2)cc1C. The van der Waals surface area contributed by atoms with E-state index < -0.39 is 0 Å². The first-order valence-corrected chi connectivity index (χ1v) is 9.24. The van der Waals surface area contributed by atoms with E-state index in [1.807, 2.05) is 32.0 Å². The fourth-order valence-corrected chi connectivity index (χ4v) is 4.08. The molecule has 1 N–H and O–H groups in total. The number of ether oxygens (including phenoxy) is 1. The minimum atomic E-state index is -0.167. The molecule has 142 valence electrons. The topological polar surface area (TPSA) is 61.9 Å². The molecule has 26 heavy (non-hydrogen) atoms. The minimum Gasteiger partial charge on any atom is -0.381 e. The number of aryl methyl sites for hydroxylation is 2. The molecular weight excluding hydrogens is 330 g/mol. The number of hydrogen-bond acceptors (Lipinski definition) is 3. The van der Waals surface area contributed by atoms with E-state index in [1.54, 1.807) is 23.9 Å². The summed E-state index contributed by atoms with van der Waals surface area (Å²) in [5, 5.41) is 2.99. The Hall–Kier alpha value is -2.08. The molecule has 0 aliphatic carbocycles. The van der Waals surface area contributed by atoms with Crippen LogP contribution in [-0.4, -0.2) is 62.1 Å². The van der Waals surface area contributed by atoms with Crippen LogP contribution in [0.4, 0.5) is 10.5 Å². The number of rotatable bonds is 2. The third-order valence-corrected chi connectivity index (χ3v) is 5.92. The maximum Gasteiger partial charge on any atom is 0.321 e. The van der Waals surface area contributed by atoms with E-state index in [4.69, 9.17) is 4.74 Å². The van der Waals surface area contributed by atoms with Crippen LogP contribution in [0.5, 0.6) is 0 Å². The summed E-state index contributed by atoms with van der Waals surface area (Å²) >= 11 is 0. The molecule has 0 bridgehead atoms. The lowest BCUT2D eigenvalue weighted by atomic mass is 9.71. The van der Waals surface area contributed by atoms with Gasteiger partial charge >= 0.3 is 6.03 Å². The second-order valence-electron chi connectivity index (χ2n) is 7.87. The monoisotopic (exact) mass is 359 g/mol. The number of benzene rings is 1. The summed E-state index contributed by atoms with van der Waals surface area (Å²) < 4.78 is 5.52. The summed E-state index contributed by atoms with van der Waals surface area (Å²) in [6.07, 6.45) is 1.65. The summed E-state index contributed by atoms with van der Waals surface area (Å²) in [4.78, 5) is 29.0. The zero-order chi connectivity index (χ0) is 18.9. The molecule has 2 saturated heterocycles. The Kier molecular flexibility index (Phi) is 5.23. The van der Waals surface area contributed by atoms with Gasteiger partial charge in [-0.05, 0) is 49.9 Å². The van der Waals surface area contributed by atoms with Crippen molar-refractivity contribution in [2.75, 3.05) is 45.7 Å². The van der Waals surface area contributed by atoms with Crippen molar-refractivity contribution in [1.29, 1.82) is 0 Å². The molecule has 2 fully saturated rings. The zero-order valence-electron chi connectivity index (χ0n) is 16.2. The van der Waals surface area contributed by atoms with E-state index in [0.29, 0.717) is 26.3 Å². The van der Waals surface area contributed by atoms with Gasteiger partial charge in [0.1, 0.15) is 0 Å². The van der Waals surface area contributed by atoms with Crippen molar-refractivity contribution in [1.82, 2.24) is 9.80 Å². The van der Waals surface area contributed by atoms with Crippen molar-refractivity contribution >= 4 is 17.6 Å². The van der Waals surface area contributed by atoms with E-state index in [1.165, 1.54) is 5.56 Å². The van der Waals surface area contributed by atoms with Gasteiger partial charge in [0.15, 0.2) is 0 Å². The van der Waals surface area contributed by atoms with Gasteiger partial charge in [-0.25, -0.2) is 4.79 Å². The Morgan fingerprint density at radius 2 is 1.88 bits per heavy atom. The second kappa shape index (κ2) is 7.27. The van der Waals surface area contributed by atoms with Crippen LogP contribution in [0, 0.1) is 25.2 Å². The van der Waals surface area contributed by atoms with E-state index >= 15 is 0 Å². The van der Waals surface area contributed by atoms with Gasteiger partial charge < -0.3 is 19.9 Å². The Bertz CT molecular complexity index is 696. The molecule has 6 heteroatoms. The maximum atomic E-state index is 12.8. The zero-order valence-corrected chi connectivity index (χ0v) is 16.2. The number of nitrogens with one attached hydrogen (secondary N) is 1. The average molecular weight is 359 g/mol. The Morgan fingerprint density at radius 1 is 1.19 bits per heavy atom. The molecule has 2 heterocycles. The third kappa shape index (κ3) is 3.56. The number of anilines is 1. The minimum absolute atomic E-state index is 0.105. The van der Waals surface area contributed by atoms with Crippen molar-refractivity contribution in [2.45, 2.75) is 26.7 Å². The van der Waals surface area contributed by atoms with E-state index in [-0.39, 0.29) is 23.3 Å². The Labute approximate surface area is 155 Å². The molecule has 3 rings (SSSR count). The summed E-state index contributed by atoms with van der Waals surface area (Å²) in [5.74, 6) is -0.0553. The highest BCUT2D eigenvalue weighted by molar-refractivity contribution is 5.91. The number of carbonyl (C=O) groups is 2. The Balaban J connectivity index is 1.76. The fourth-order valence-electron chi connectivity index (χ4n) is 4.08. The van der Waals surface area contributed by atoms with E-state index in [9.17, 15) is 9.59 Å². The molecule has 2 aliphatic rings. The molecule has 3 amide bonds. The molecule has 0 saturated carbocycles. The van der Waals surface area contributed by atoms with Crippen molar-refractivity contribution < 1.29 is 14.3 Å². The number of nitrogens with zero attached hydrogens (tertiary/aromatic N) is 2. The molecule has 1 aromatic rings. The van der Waals surface area contributed by atoms with Crippen LogP contribution in [0.15, 0.2) is 18.2 Å². The number of hydrogen-bond donors (Lipinski definition) is 1. The van der Waals surface area contributed by atoms with Crippen molar-refractivity contribution in [2.24, 2.45) is 11.3 Å². The normalized spacial score (nSPS) is 21.7. The predicted octanol–water partition coefficient (Wildman–Crippen LogP) is 2.65. The van der Waals surface area contributed by atoms with Crippen molar-refractivity contribution in [3.8, 4) is 0 Å². The summed E-state index contributed by atoms with van der Waals surface area (Å²) in [5.41, 5.74) is 2.97. The number of urea groups is 1. The molecule has 0 aromatic heterocycles. The van der Waals surface area contributed by atoms with E-state index in [0.717, 1.165) is 24.1 Å². The third-order valence-electron chi connectivity index (χ3n) is 5.92. The van der Waals surface area contributed by atoms with Gasteiger partial charge in [0.05, 0.1) is 5.92 Å². The lowest BCUT2D eigenvalue weighted by Crippen LogP contribution is -2.44. The van der Waals surface area contributed by atoms with Crippen LogP contribution in [0.1, 0.15) is 24.0 Å². The standard InChI is InChI=1S/C20H29N3O3/c1-14-5-6-16(11-15(14)2)21-19(25)23-12-17(18(24)22(3)4)20(13-23)7-9-26-10-8-20/h5-6,11,17H,7-10,12-13H2,1-4H3,(H,21,25). The summed E-state index contributed by atoms with van der Waals surface area (Å²) in [6.45, 7) is 6.47. The van der Waals surface area contributed by atoms with Crippen LogP contribution in [0.3, 0.4) is 0 Å². The molecule has 1 unspecified atom stereocenters. The first-order chi connectivity index (χ1) is 12.3. The quantitative estimate of drug-likeness (QED) is 0.883. The number of carbonyl (C=O) groups excluding carboxylic acids is 2. The maximum absolute atomic E-state index is 12.8. The van der Waals surface area contributed by atoms with Gasteiger partial charge in [0.25, 0.3) is 0 Å². The van der Waals surface area contributed by atoms with Gasteiger partial charge in [-0.15, -0.1) is 0 Å². The molecule has 1 atom stereocenters. The van der Waals surface area contributed by atoms with Crippen LogP contribution >= 0.6 is 0 Å². The van der Waals surface area contributed by atoms with Crippen molar-refractivity contribution in [3.05, 3.63) is 29.3 Å². The first-order valence-electron chi connectivity index (χ1n) is 9.24. The molecular formula is C20H29N3O3. The highest BCUT2D eigenvalue weighted by atomic mass is 16.5. The lowest BCUT2D eigenvalue weighted by Gasteiger charge is -2.37. The van der Waals surface area contributed by atoms with Gasteiger partial charge in [0.2, 0.25) is 5.91 Å².